The molecule has 6 nitrogen and oxygen atoms in total. The first-order valence-electron chi connectivity index (χ1n) is 7.33. The van der Waals surface area contributed by atoms with Gasteiger partial charge in [-0.3, -0.25) is 4.79 Å². The highest BCUT2D eigenvalue weighted by atomic mass is 16.7. The first kappa shape index (κ1) is 16.3. The minimum atomic E-state index is -1.58. The summed E-state index contributed by atoms with van der Waals surface area (Å²) >= 11 is 0. The van der Waals surface area contributed by atoms with E-state index in [0.29, 0.717) is 0 Å². The van der Waals surface area contributed by atoms with Crippen LogP contribution in [0.4, 0.5) is 10.5 Å². The summed E-state index contributed by atoms with van der Waals surface area (Å²) in [6, 6.07) is 8.77. The van der Waals surface area contributed by atoms with E-state index in [1.807, 2.05) is 0 Å². The number of anilines is 1. The van der Waals surface area contributed by atoms with Crippen molar-refractivity contribution < 1.29 is 19.4 Å². The molecule has 2 aliphatic heterocycles. The summed E-state index contributed by atoms with van der Waals surface area (Å²) in [5.41, 5.74) is 2.86. The van der Waals surface area contributed by atoms with E-state index in [1.165, 1.54) is 37.4 Å². The van der Waals surface area contributed by atoms with Crippen LogP contribution in [0.15, 0.2) is 24.3 Å². The molecule has 2 atom stereocenters. The van der Waals surface area contributed by atoms with Crippen molar-refractivity contribution in [3.05, 3.63) is 29.8 Å². The van der Waals surface area contributed by atoms with Crippen molar-refractivity contribution in [3.63, 3.8) is 0 Å². The molecule has 6 heteroatoms. The monoisotopic (exact) mass is 306 g/mol. The van der Waals surface area contributed by atoms with Gasteiger partial charge in [-0.1, -0.05) is 18.2 Å². The second kappa shape index (κ2) is 7.26. The molecule has 0 spiro atoms. The minimum absolute atomic E-state index is 0.150. The average Bonchev–Trinajstić information content (AvgIpc) is 2.96. The molecule has 22 heavy (non-hydrogen) atoms. The first-order valence-corrected chi connectivity index (χ1v) is 7.33. The van der Waals surface area contributed by atoms with Crippen molar-refractivity contribution in [2.75, 3.05) is 38.1 Å². The highest BCUT2D eigenvalue weighted by Gasteiger charge is 2.38. The van der Waals surface area contributed by atoms with Crippen LogP contribution in [-0.2, 0) is 9.53 Å². The Bertz CT molecular complexity index is 521. The van der Waals surface area contributed by atoms with E-state index in [0.717, 1.165) is 11.8 Å². The maximum Gasteiger partial charge on any atom is 0.513 e. The maximum absolute atomic E-state index is 9.15. The van der Waals surface area contributed by atoms with Crippen LogP contribution in [-0.4, -0.2) is 55.9 Å². The summed E-state index contributed by atoms with van der Waals surface area (Å²) < 4.78 is 3.28. The molecule has 0 aromatic heterocycles. The molecule has 2 aliphatic rings. The molecule has 1 aromatic carbocycles. The van der Waals surface area contributed by atoms with Gasteiger partial charge in [-0.15, -0.1) is 0 Å². The van der Waals surface area contributed by atoms with Gasteiger partial charge in [-0.25, -0.2) is 4.79 Å². The lowest BCUT2D eigenvalue weighted by molar-refractivity contribution is -0.124. The SMILES string of the molecule is Cc1ccccc1N1CC2CN(C)CC2C1.O=COC(=O)O. The van der Waals surface area contributed by atoms with Gasteiger partial charge in [-0.05, 0) is 37.4 Å². The van der Waals surface area contributed by atoms with E-state index >= 15 is 0 Å². The number of para-hydroxylation sites is 1. The van der Waals surface area contributed by atoms with Crippen LogP contribution in [0, 0.1) is 18.8 Å². The number of fused-ring (bicyclic) bond motifs is 1. The Morgan fingerprint density at radius 3 is 2.27 bits per heavy atom. The number of carbonyl (C=O) groups is 2. The van der Waals surface area contributed by atoms with Crippen molar-refractivity contribution in [1.82, 2.24) is 4.90 Å². The minimum Gasteiger partial charge on any atom is -0.449 e. The van der Waals surface area contributed by atoms with E-state index < -0.39 is 6.16 Å². The fraction of sp³-hybridized carbons (Fsp3) is 0.500. The van der Waals surface area contributed by atoms with Crippen molar-refractivity contribution in [3.8, 4) is 0 Å². The third-order valence-electron chi connectivity index (χ3n) is 4.27. The Morgan fingerprint density at radius 2 is 1.82 bits per heavy atom. The summed E-state index contributed by atoms with van der Waals surface area (Å²) in [6.45, 7) is 7.14. The number of nitrogens with zero attached hydrogens (tertiary/aromatic N) is 2. The molecule has 2 unspecified atom stereocenters. The molecule has 1 N–H and O–H groups in total. The molecular formula is C16H22N2O4. The van der Waals surface area contributed by atoms with Crippen LogP contribution in [0.25, 0.3) is 0 Å². The van der Waals surface area contributed by atoms with Crippen molar-refractivity contribution in [2.45, 2.75) is 6.92 Å². The molecule has 0 bridgehead atoms. The molecule has 0 saturated carbocycles. The Labute approximate surface area is 130 Å². The van der Waals surface area contributed by atoms with Gasteiger partial charge in [0.05, 0.1) is 0 Å². The molecule has 1 aromatic rings. The smallest absolute Gasteiger partial charge is 0.449 e. The quantitative estimate of drug-likeness (QED) is 0.511. The predicted octanol–water partition coefficient (Wildman–Crippen LogP) is 1.83. The highest BCUT2D eigenvalue weighted by molar-refractivity contribution is 5.67. The van der Waals surface area contributed by atoms with Gasteiger partial charge in [0.2, 0.25) is 0 Å². The summed E-state index contributed by atoms with van der Waals surface area (Å²) in [5.74, 6) is 1.79. The average molecular weight is 306 g/mol. The lowest BCUT2D eigenvalue weighted by Crippen LogP contribution is -2.27. The largest absolute Gasteiger partial charge is 0.513 e. The van der Waals surface area contributed by atoms with Crippen LogP contribution in [0.5, 0.6) is 0 Å². The van der Waals surface area contributed by atoms with E-state index in [-0.39, 0.29) is 6.47 Å². The van der Waals surface area contributed by atoms with Gasteiger partial charge in [0.1, 0.15) is 0 Å². The van der Waals surface area contributed by atoms with Crippen LogP contribution in [0.2, 0.25) is 0 Å². The van der Waals surface area contributed by atoms with E-state index in [9.17, 15) is 0 Å². The van der Waals surface area contributed by atoms with Gasteiger partial charge in [0.15, 0.2) is 0 Å². The molecule has 0 aliphatic carbocycles. The summed E-state index contributed by atoms with van der Waals surface area (Å²) in [7, 11) is 2.25. The van der Waals surface area contributed by atoms with Crippen molar-refractivity contribution >= 4 is 18.3 Å². The molecule has 0 radical (unpaired) electrons. The zero-order valence-corrected chi connectivity index (χ0v) is 12.9. The molecule has 0 amide bonds. The lowest BCUT2D eigenvalue weighted by atomic mass is 10.0. The number of benzene rings is 1. The first-order chi connectivity index (χ1) is 10.5. The van der Waals surface area contributed by atoms with Gasteiger partial charge in [0, 0.05) is 31.9 Å². The fourth-order valence-electron chi connectivity index (χ4n) is 3.38. The zero-order chi connectivity index (χ0) is 16.1. The molecule has 2 saturated heterocycles. The van der Waals surface area contributed by atoms with E-state index in [2.05, 4.69) is 52.8 Å². The zero-order valence-electron chi connectivity index (χ0n) is 12.9. The van der Waals surface area contributed by atoms with Crippen LogP contribution in [0.3, 0.4) is 0 Å². The Kier molecular flexibility index (Phi) is 5.38. The third kappa shape index (κ3) is 3.98. The van der Waals surface area contributed by atoms with Crippen LogP contribution >= 0.6 is 0 Å². The Morgan fingerprint density at radius 1 is 1.23 bits per heavy atom. The maximum atomic E-state index is 9.15. The normalized spacial score (nSPS) is 23.5. The number of ether oxygens (including phenoxy) is 1. The number of carbonyl (C=O) groups excluding carboxylic acids is 1. The van der Waals surface area contributed by atoms with Crippen molar-refractivity contribution in [2.24, 2.45) is 11.8 Å². The molecule has 2 heterocycles. The molecule has 2 fully saturated rings. The van der Waals surface area contributed by atoms with Gasteiger partial charge < -0.3 is 19.6 Å². The van der Waals surface area contributed by atoms with Crippen LogP contribution < -0.4 is 4.90 Å². The van der Waals surface area contributed by atoms with Crippen LogP contribution in [0.1, 0.15) is 5.56 Å². The number of rotatable bonds is 2. The Hall–Kier alpha value is -2.08. The van der Waals surface area contributed by atoms with E-state index in [4.69, 9.17) is 14.7 Å². The number of carboxylic acid groups (broad SMARTS) is 1. The molecule has 120 valence electrons. The second-order valence-corrected chi connectivity index (χ2v) is 5.91. The van der Waals surface area contributed by atoms with E-state index in [1.54, 1.807) is 0 Å². The molecular weight excluding hydrogens is 284 g/mol. The molecule has 3 rings (SSSR count). The van der Waals surface area contributed by atoms with Gasteiger partial charge in [0.25, 0.3) is 0 Å². The third-order valence-corrected chi connectivity index (χ3v) is 4.27. The predicted molar refractivity (Wildman–Crippen MR) is 83.0 cm³/mol. The summed E-state index contributed by atoms with van der Waals surface area (Å²) in [5, 5.41) is 7.46. The summed E-state index contributed by atoms with van der Waals surface area (Å²) in [4.78, 5) is 23.2. The number of aryl methyl sites for hydroxylation is 1. The number of hydrogen-bond acceptors (Lipinski definition) is 5. The summed E-state index contributed by atoms with van der Waals surface area (Å²) in [6.07, 6.45) is -1.58. The topological polar surface area (TPSA) is 70.1 Å². The van der Waals surface area contributed by atoms with Crippen molar-refractivity contribution in [1.29, 1.82) is 0 Å². The lowest BCUT2D eigenvalue weighted by Gasteiger charge is -2.23. The Balaban J connectivity index is 0.000000254. The van der Waals surface area contributed by atoms with Gasteiger partial charge in [-0.2, -0.15) is 0 Å². The number of likely N-dealkylation sites (tertiary alicyclic amines) is 1. The fourth-order valence-corrected chi connectivity index (χ4v) is 3.38. The van der Waals surface area contributed by atoms with Gasteiger partial charge >= 0.3 is 12.6 Å². The number of hydrogen-bond donors (Lipinski definition) is 1. The highest BCUT2D eigenvalue weighted by Crippen LogP contribution is 2.34. The standard InChI is InChI=1S/C14H20N2.C2H2O4/c1-11-5-3-4-6-14(11)16-9-12-7-15(2)8-13(12)10-16;3-1-6-2(4)5/h3-6,12-13H,7-10H2,1-2H3;1H,(H,4,5). The second-order valence-electron chi connectivity index (χ2n) is 5.91.